The Morgan fingerprint density at radius 3 is 2.43 bits per heavy atom. The van der Waals surface area contributed by atoms with Crippen molar-refractivity contribution >= 4 is 27.7 Å². The second-order valence-electron chi connectivity index (χ2n) is 8.07. The molecule has 0 aliphatic carbocycles. The van der Waals surface area contributed by atoms with E-state index in [0.29, 0.717) is 24.3 Å². The molecule has 6 nitrogen and oxygen atoms in total. The van der Waals surface area contributed by atoms with Gasteiger partial charge in [-0.3, -0.25) is 4.79 Å². The van der Waals surface area contributed by atoms with Crippen molar-refractivity contribution in [3.8, 4) is 5.75 Å². The van der Waals surface area contributed by atoms with Gasteiger partial charge < -0.3 is 10.1 Å². The minimum absolute atomic E-state index is 0.0814. The number of ether oxygens (including phenoxy) is 1. The number of carbonyl (C=O) groups is 1. The Morgan fingerprint density at radius 1 is 1.13 bits per heavy atom. The monoisotopic (exact) mass is 430 g/mol. The van der Waals surface area contributed by atoms with Gasteiger partial charge in [0.15, 0.2) is 0 Å². The SMILES string of the molecule is Cc1ccc(C)c(OCCCC(C)(C)C(=O)Nc2ccc(/C=C/S(N)(=O)=O)cc2)c1. The molecule has 0 heterocycles. The zero-order valence-corrected chi connectivity index (χ0v) is 18.8. The summed E-state index contributed by atoms with van der Waals surface area (Å²) < 4.78 is 27.8. The predicted octanol–water partition coefficient (Wildman–Crippen LogP) is 4.39. The number of primary sulfonamides is 1. The fourth-order valence-corrected chi connectivity index (χ4v) is 3.17. The average Bonchev–Trinajstić information content (AvgIpc) is 2.66. The molecule has 1 amide bonds. The van der Waals surface area contributed by atoms with Gasteiger partial charge in [-0.2, -0.15) is 0 Å². The van der Waals surface area contributed by atoms with E-state index in [1.54, 1.807) is 24.3 Å². The number of carbonyl (C=O) groups excluding carboxylic acids is 1. The van der Waals surface area contributed by atoms with Gasteiger partial charge in [0.25, 0.3) is 0 Å². The van der Waals surface area contributed by atoms with E-state index in [1.165, 1.54) is 6.08 Å². The summed E-state index contributed by atoms with van der Waals surface area (Å²) in [5, 5.41) is 8.79. The van der Waals surface area contributed by atoms with Crippen molar-refractivity contribution in [2.45, 2.75) is 40.5 Å². The fourth-order valence-electron chi connectivity index (χ4n) is 2.82. The third-order valence-corrected chi connectivity index (χ3v) is 5.30. The van der Waals surface area contributed by atoms with Crippen molar-refractivity contribution in [1.82, 2.24) is 0 Å². The second kappa shape index (κ2) is 9.91. The molecule has 0 saturated carbocycles. The molecule has 0 atom stereocenters. The van der Waals surface area contributed by atoms with Crippen LogP contribution in [0.2, 0.25) is 0 Å². The number of hydrogen-bond donors (Lipinski definition) is 2. The first kappa shape index (κ1) is 23.6. The van der Waals surface area contributed by atoms with Gasteiger partial charge in [-0.25, -0.2) is 13.6 Å². The lowest BCUT2D eigenvalue weighted by atomic mass is 9.87. The lowest BCUT2D eigenvalue weighted by molar-refractivity contribution is -0.124. The van der Waals surface area contributed by atoms with E-state index in [4.69, 9.17) is 9.88 Å². The summed E-state index contributed by atoms with van der Waals surface area (Å²) in [4.78, 5) is 12.7. The van der Waals surface area contributed by atoms with Crippen molar-refractivity contribution < 1.29 is 17.9 Å². The number of rotatable bonds is 9. The number of amides is 1. The molecule has 0 aromatic heterocycles. The maximum atomic E-state index is 12.7. The third kappa shape index (κ3) is 7.65. The largest absolute Gasteiger partial charge is 0.493 e. The van der Waals surface area contributed by atoms with Crippen molar-refractivity contribution in [1.29, 1.82) is 0 Å². The summed E-state index contributed by atoms with van der Waals surface area (Å²) in [6.45, 7) is 8.41. The van der Waals surface area contributed by atoms with E-state index < -0.39 is 15.4 Å². The maximum Gasteiger partial charge on any atom is 0.231 e. The molecule has 0 radical (unpaired) electrons. The minimum atomic E-state index is -3.66. The molecule has 0 spiro atoms. The van der Waals surface area contributed by atoms with E-state index in [0.717, 1.165) is 28.7 Å². The number of benzene rings is 2. The zero-order chi connectivity index (χ0) is 22.4. The molecule has 2 aromatic carbocycles. The second-order valence-corrected chi connectivity index (χ2v) is 9.52. The van der Waals surface area contributed by atoms with Gasteiger partial charge in [0.1, 0.15) is 5.75 Å². The molecular weight excluding hydrogens is 400 g/mol. The first-order chi connectivity index (χ1) is 14.0. The number of anilines is 1. The van der Waals surface area contributed by atoms with Gasteiger partial charge in [-0.1, -0.05) is 38.1 Å². The van der Waals surface area contributed by atoms with Gasteiger partial charge in [0, 0.05) is 16.5 Å². The van der Waals surface area contributed by atoms with Crippen molar-refractivity contribution in [3.63, 3.8) is 0 Å². The van der Waals surface area contributed by atoms with Crippen LogP contribution in [-0.2, 0) is 14.8 Å². The Bertz CT molecular complexity index is 1010. The molecule has 2 rings (SSSR count). The third-order valence-electron chi connectivity index (χ3n) is 4.78. The summed E-state index contributed by atoms with van der Waals surface area (Å²) in [5.41, 5.74) is 3.01. The van der Waals surface area contributed by atoms with Gasteiger partial charge in [0.2, 0.25) is 15.9 Å². The Labute approximate surface area is 179 Å². The molecule has 0 saturated heterocycles. The number of aryl methyl sites for hydroxylation is 2. The molecule has 30 heavy (non-hydrogen) atoms. The highest BCUT2D eigenvalue weighted by molar-refractivity contribution is 7.92. The molecule has 0 bridgehead atoms. The average molecular weight is 431 g/mol. The lowest BCUT2D eigenvalue weighted by Crippen LogP contribution is -2.31. The van der Waals surface area contributed by atoms with Gasteiger partial charge >= 0.3 is 0 Å². The van der Waals surface area contributed by atoms with E-state index >= 15 is 0 Å². The Morgan fingerprint density at radius 2 is 1.80 bits per heavy atom. The minimum Gasteiger partial charge on any atom is -0.493 e. The van der Waals surface area contributed by atoms with E-state index in [9.17, 15) is 13.2 Å². The predicted molar refractivity (Wildman–Crippen MR) is 122 cm³/mol. The topological polar surface area (TPSA) is 98.5 Å². The Kier molecular flexibility index (Phi) is 7.81. The summed E-state index contributed by atoms with van der Waals surface area (Å²) in [7, 11) is -3.66. The molecule has 7 heteroatoms. The number of nitrogens with one attached hydrogen (secondary N) is 1. The van der Waals surface area contributed by atoms with E-state index in [-0.39, 0.29) is 5.91 Å². The normalized spacial score (nSPS) is 12.2. The first-order valence-corrected chi connectivity index (χ1v) is 11.4. The van der Waals surface area contributed by atoms with Crippen LogP contribution < -0.4 is 15.2 Å². The van der Waals surface area contributed by atoms with Gasteiger partial charge in [-0.15, -0.1) is 0 Å². The molecular formula is C23H30N2O4S. The van der Waals surface area contributed by atoms with Crippen molar-refractivity contribution in [2.24, 2.45) is 10.6 Å². The highest BCUT2D eigenvalue weighted by Gasteiger charge is 2.27. The first-order valence-electron chi connectivity index (χ1n) is 9.79. The van der Waals surface area contributed by atoms with E-state index in [1.807, 2.05) is 39.8 Å². The number of nitrogens with two attached hydrogens (primary N) is 1. The summed E-state index contributed by atoms with van der Waals surface area (Å²) in [6, 6.07) is 13.0. The van der Waals surface area contributed by atoms with Crippen LogP contribution in [0.25, 0.3) is 6.08 Å². The van der Waals surface area contributed by atoms with Crippen molar-refractivity contribution in [2.75, 3.05) is 11.9 Å². The Balaban J connectivity index is 1.86. The van der Waals surface area contributed by atoms with Crippen LogP contribution in [0.1, 0.15) is 43.4 Å². The van der Waals surface area contributed by atoms with Crippen LogP contribution >= 0.6 is 0 Å². The summed E-state index contributed by atoms with van der Waals surface area (Å²) in [5.74, 6) is 0.802. The number of sulfonamides is 1. The smallest absolute Gasteiger partial charge is 0.231 e. The molecule has 2 aromatic rings. The van der Waals surface area contributed by atoms with Crippen LogP contribution in [0.4, 0.5) is 5.69 Å². The fraction of sp³-hybridized carbons (Fsp3) is 0.348. The highest BCUT2D eigenvalue weighted by atomic mass is 32.2. The molecule has 0 fully saturated rings. The van der Waals surface area contributed by atoms with Crippen LogP contribution in [0.5, 0.6) is 5.75 Å². The molecule has 0 aliphatic heterocycles. The highest BCUT2D eigenvalue weighted by Crippen LogP contribution is 2.26. The van der Waals surface area contributed by atoms with E-state index in [2.05, 4.69) is 11.4 Å². The summed E-state index contributed by atoms with van der Waals surface area (Å²) >= 11 is 0. The molecule has 0 aliphatic rings. The van der Waals surface area contributed by atoms with Crippen molar-refractivity contribution in [3.05, 3.63) is 64.6 Å². The van der Waals surface area contributed by atoms with Crippen LogP contribution in [-0.4, -0.2) is 20.9 Å². The Hall–Kier alpha value is -2.64. The quantitative estimate of drug-likeness (QED) is 0.577. The molecule has 0 unspecified atom stereocenters. The van der Waals surface area contributed by atoms with Gasteiger partial charge in [-0.05, 0) is 67.7 Å². The maximum absolute atomic E-state index is 12.7. The van der Waals surface area contributed by atoms with Gasteiger partial charge in [0.05, 0.1) is 6.61 Å². The molecule has 162 valence electrons. The van der Waals surface area contributed by atoms with Crippen LogP contribution in [0.3, 0.4) is 0 Å². The standard InChI is InChI=1S/C23H30N2O4S/c1-17-6-7-18(2)21(16-17)29-14-5-13-23(3,4)22(26)25-20-10-8-19(9-11-20)12-15-30(24,27)28/h6-12,15-16H,5,13-14H2,1-4H3,(H,25,26)(H2,24,27,28)/b15-12+. The number of hydrogen-bond acceptors (Lipinski definition) is 4. The molecule has 3 N–H and O–H groups in total. The van der Waals surface area contributed by atoms with Crippen LogP contribution in [0.15, 0.2) is 47.9 Å². The van der Waals surface area contributed by atoms with Crippen LogP contribution in [0, 0.1) is 19.3 Å². The summed E-state index contributed by atoms with van der Waals surface area (Å²) in [6.07, 6.45) is 2.84. The lowest BCUT2D eigenvalue weighted by Gasteiger charge is -2.23. The zero-order valence-electron chi connectivity index (χ0n) is 17.9.